The Hall–Kier alpha value is -5.20. The van der Waals surface area contributed by atoms with Crippen molar-refractivity contribution in [3.8, 4) is 33.6 Å². The Kier molecular flexibility index (Phi) is 8.01. The van der Waals surface area contributed by atoms with Crippen molar-refractivity contribution in [2.45, 2.75) is 0 Å². The van der Waals surface area contributed by atoms with Crippen molar-refractivity contribution >= 4 is 39.3 Å². The van der Waals surface area contributed by atoms with E-state index in [-0.39, 0.29) is 18.3 Å². The van der Waals surface area contributed by atoms with Gasteiger partial charge in [0.25, 0.3) is 0 Å². The summed E-state index contributed by atoms with van der Waals surface area (Å²) in [4.78, 5) is 33.0. The van der Waals surface area contributed by atoms with E-state index >= 15 is 0 Å². The van der Waals surface area contributed by atoms with Crippen LogP contribution in [0.2, 0.25) is 0 Å². The Bertz CT molecular complexity index is 1960. The standard InChI is InChI=1S/C32H33FN10O/c1-42(2)8-7-35-23-10-19(9-22(33)13-23)25-5-6-36-31-26(25)14-28(39-31)30-27-12-21(16-37-32(27)41-40-30)20-11-24(17-34-15-20)38-29(44)18-43(3)4/h5-6,9-17,35H,7-8,18H2,1-4H3,(H,36,39)(H,38,44)(H,37,40,41). The molecule has 11 nitrogen and oxygen atoms in total. The molecule has 0 aliphatic rings. The molecular formula is C32H33FN10O. The van der Waals surface area contributed by atoms with E-state index in [9.17, 15) is 9.18 Å². The van der Waals surface area contributed by atoms with Crippen LogP contribution in [0.5, 0.6) is 0 Å². The molecule has 6 aromatic rings. The zero-order valence-electron chi connectivity index (χ0n) is 24.9. The maximum Gasteiger partial charge on any atom is 0.238 e. The Morgan fingerprint density at radius 2 is 1.68 bits per heavy atom. The fourth-order valence-electron chi connectivity index (χ4n) is 5.10. The van der Waals surface area contributed by atoms with Gasteiger partial charge in [-0.1, -0.05) is 0 Å². The van der Waals surface area contributed by atoms with Gasteiger partial charge < -0.3 is 25.4 Å². The highest BCUT2D eigenvalue weighted by Gasteiger charge is 2.17. The number of carbonyl (C=O) groups excluding carboxylic acids is 1. The van der Waals surface area contributed by atoms with Gasteiger partial charge in [-0.05, 0) is 81.8 Å². The third kappa shape index (κ3) is 6.26. The fourth-order valence-corrected chi connectivity index (χ4v) is 5.10. The quantitative estimate of drug-likeness (QED) is 0.178. The molecule has 0 radical (unpaired) electrons. The number of hydrogen-bond acceptors (Lipinski definition) is 8. The number of nitrogens with one attached hydrogen (secondary N) is 4. The lowest BCUT2D eigenvalue weighted by Gasteiger charge is -2.13. The summed E-state index contributed by atoms with van der Waals surface area (Å²) in [5.41, 5.74) is 7.24. The average Bonchev–Trinajstić information content (AvgIpc) is 3.60. The molecule has 1 aromatic carbocycles. The number of amides is 1. The number of likely N-dealkylation sites (N-methyl/N-ethyl adjacent to an activating group) is 2. The molecule has 12 heteroatoms. The second-order valence-electron chi connectivity index (χ2n) is 11.2. The molecule has 0 unspecified atom stereocenters. The Morgan fingerprint density at radius 1 is 0.864 bits per heavy atom. The van der Waals surface area contributed by atoms with Crippen LogP contribution >= 0.6 is 0 Å². The number of fused-ring (bicyclic) bond motifs is 2. The van der Waals surface area contributed by atoms with Crippen molar-refractivity contribution in [1.29, 1.82) is 0 Å². The van der Waals surface area contributed by atoms with Crippen molar-refractivity contribution in [2.24, 2.45) is 0 Å². The van der Waals surface area contributed by atoms with Crippen LogP contribution in [0.15, 0.2) is 67.3 Å². The molecule has 0 fully saturated rings. The van der Waals surface area contributed by atoms with E-state index in [1.165, 1.54) is 12.1 Å². The molecule has 5 heterocycles. The van der Waals surface area contributed by atoms with E-state index in [1.54, 1.807) is 29.7 Å². The zero-order valence-corrected chi connectivity index (χ0v) is 24.9. The first-order valence-corrected chi connectivity index (χ1v) is 14.2. The smallest absolute Gasteiger partial charge is 0.238 e. The zero-order chi connectivity index (χ0) is 30.8. The van der Waals surface area contributed by atoms with Gasteiger partial charge in [0.2, 0.25) is 5.91 Å². The van der Waals surface area contributed by atoms with Crippen LogP contribution in [-0.2, 0) is 4.79 Å². The van der Waals surface area contributed by atoms with Gasteiger partial charge >= 0.3 is 0 Å². The van der Waals surface area contributed by atoms with Gasteiger partial charge in [0.15, 0.2) is 5.65 Å². The van der Waals surface area contributed by atoms with Crippen LogP contribution in [0.1, 0.15) is 0 Å². The van der Waals surface area contributed by atoms with Crippen LogP contribution < -0.4 is 10.6 Å². The molecule has 0 spiro atoms. The van der Waals surface area contributed by atoms with E-state index in [0.717, 1.165) is 51.0 Å². The maximum absolute atomic E-state index is 14.7. The number of nitrogens with zero attached hydrogens (tertiary/aromatic N) is 6. The number of halogens is 1. The molecule has 0 saturated heterocycles. The summed E-state index contributed by atoms with van der Waals surface area (Å²) in [5, 5.41) is 15.4. The number of hydrogen-bond donors (Lipinski definition) is 4. The van der Waals surface area contributed by atoms with Crippen molar-refractivity contribution in [3.63, 3.8) is 0 Å². The number of aromatic nitrogens is 6. The molecule has 5 aromatic heterocycles. The predicted octanol–water partition coefficient (Wildman–Crippen LogP) is 4.84. The van der Waals surface area contributed by atoms with Gasteiger partial charge in [-0.15, -0.1) is 0 Å². The summed E-state index contributed by atoms with van der Waals surface area (Å²) < 4.78 is 14.7. The number of H-pyrrole nitrogens is 2. The summed E-state index contributed by atoms with van der Waals surface area (Å²) in [6.45, 7) is 1.80. The van der Waals surface area contributed by atoms with Crippen LogP contribution in [0.25, 0.3) is 55.7 Å². The van der Waals surface area contributed by atoms with E-state index in [4.69, 9.17) is 0 Å². The first-order valence-electron chi connectivity index (χ1n) is 14.2. The van der Waals surface area contributed by atoms with Crippen molar-refractivity contribution in [1.82, 2.24) is 39.9 Å². The highest BCUT2D eigenvalue weighted by atomic mass is 19.1. The molecule has 0 bridgehead atoms. The third-order valence-corrected chi connectivity index (χ3v) is 7.12. The average molecular weight is 593 g/mol. The molecule has 0 aliphatic heterocycles. The fraction of sp³-hybridized carbons (Fsp3) is 0.219. The number of carbonyl (C=O) groups is 1. The van der Waals surface area contributed by atoms with Crippen LogP contribution in [0, 0.1) is 5.82 Å². The number of benzene rings is 1. The lowest BCUT2D eigenvalue weighted by Crippen LogP contribution is -2.27. The summed E-state index contributed by atoms with van der Waals surface area (Å²) in [7, 11) is 7.68. The Balaban J connectivity index is 1.33. The van der Waals surface area contributed by atoms with Gasteiger partial charge in [-0.2, -0.15) is 5.10 Å². The lowest BCUT2D eigenvalue weighted by molar-refractivity contribution is -0.116. The Labute approximate surface area is 253 Å². The molecule has 0 saturated carbocycles. The largest absolute Gasteiger partial charge is 0.384 e. The summed E-state index contributed by atoms with van der Waals surface area (Å²) in [6.07, 6.45) is 6.79. The van der Waals surface area contributed by atoms with Crippen LogP contribution in [-0.4, -0.2) is 93.7 Å². The van der Waals surface area contributed by atoms with Gasteiger partial charge in [-0.3, -0.25) is 14.9 Å². The highest BCUT2D eigenvalue weighted by Crippen LogP contribution is 2.35. The minimum atomic E-state index is -0.316. The first kappa shape index (κ1) is 28.9. The topological polar surface area (TPSA) is 131 Å². The third-order valence-electron chi connectivity index (χ3n) is 7.12. The second-order valence-corrected chi connectivity index (χ2v) is 11.2. The summed E-state index contributed by atoms with van der Waals surface area (Å²) in [5.74, 6) is -0.440. The molecule has 6 rings (SSSR count). The molecule has 224 valence electrons. The molecule has 4 N–H and O–H groups in total. The minimum absolute atomic E-state index is 0.124. The molecular weight excluding hydrogens is 559 g/mol. The highest BCUT2D eigenvalue weighted by molar-refractivity contribution is 6.00. The number of pyridine rings is 3. The van der Waals surface area contributed by atoms with E-state index in [2.05, 4.69) is 45.7 Å². The number of anilines is 2. The van der Waals surface area contributed by atoms with E-state index < -0.39 is 0 Å². The monoisotopic (exact) mass is 592 g/mol. The number of rotatable bonds is 10. The van der Waals surface area contributed by atoms with E-state index in [0.29, 0.717) is 29.2 Å². The van der Waals surface area contributed by atoms with E-state index in [1.807, 2.05) is 58.5 Å². The maximum atomic E-state index is 14.7. The van der Waals surface area contributed by atoms with Gasteiger partial charge in [0.05, 0.1) is 24.1 Å². The van der Waals surface area contributed by atoms with Gasteiger partial charge in [0.1, 0.15) is 17.2 Å². The predicted molar refractivity (Wildman–Crippen MR) is 172 cm³/mol. The molecule has 44 heavy (non-hydrogen) atoms. The first-order chi connectivity index (χ1) is 21.2. The summed E-state index contributed by atoms with van der Waals surface area (Å²) >= 11 is 0. The summed E-state index contributed by atoms with van der Waals surface area (Å²) in [6, 6.07) is 12.7. The number of aromatic amines is 2. The lowest BCUT2D eigenvalue weighted by atomic mass is 10.0. The van der Waals surface area contributed by atoms with Crippen molar-refractivity contribution in [3.05, 3.63) is 73.1 Å². The van der Waals surface area contributed by atoms with Crippen molar-refractivity contribution in [2.75, 3.05) is 58.5 Å². The SMILES string of the molecule is CN(C)CCNc1cc(F)cc(-c2ccnc3[nH]c(-c4n[nH]c5ncc(-c6cncc(NC(=O)CN(C)C)c6)cc45)cc23)c1. The van der Waals surface area contributed by atoms with Crippen molar-refractivity contribution < 1.29 is 9.18 Å². The molecule has 0 atom stereocenters. The Morgan fingerprint density at radius 3 is 2.50 bits per heavy atom. The van der Waals surface area contributed by atoms with Gasteiger partial charge in [0, 0.05) is 59.3 Å². The van der Waals surface area contributed by atoms with Gasteiger partial charge in [-0.25, -0.2) is 14.4 Å². The van der Waals surface area contributed by atoms with Crippen LogP contribution in [0.3, 0.4) is 0 Å². The van der Waals surface area contributed by atoms with Crippen LogP contribution in [0.4, 0.5) is 15.8 Å². The normalized spacial score (nSPS) is 11.6. The minimum Gasteiger partial charge on any atom is -0.384 e. The molecule has 1 amide bonds. The second kappa shape index (κ2) is 12.2. The molecule has 0 aliphatic carbocycles.